The molecule has 3 N–H and O–H groups in total. The number of nitrogens with one attached hydrogen (secondary N) is 1. The number of carbonyl (C=O) groups is 2. The lowest BCUT2D eigenvalue weighted by Gasteiger charge is -2.24. The van der Waals surface area contributed by atoms with Crippen molar-refractivity contribution in [2.75, 3.05) is 25.9 Å². The molecule has 39 heavy (non-hydrogen) atoms. The number of amides is 2. The van der Waals surface area contributed by atoms with Gasteiger partial charge in [0.05, 0.1) is 6.54 Å². The van der Waals surface area contributed by atoms with Crippen molar-refractivity contribution in [2.45, 2.75) is 66.0 Å². The molecule has 0 saturated carbocycles. The van der Waals surface area contributed by atoms with Gasteiger partial charge in [-0.05, 0) is 44.9 Å². The number of benzene rings is 1. The maximum absolute atomic E-state index is 12.5. The highest BCUT2D eigenvalue weighted by Gasteiger charge is 2.24. The lowest BCUT2D eigenvalue weighted by molar-refractivity contribution is 0.0278. The van der Waals surface area contributed by atoms with Crippen LogP contribution >= 0.6 is 0 Å². The van der Waals surface area contributed by atoms with Crippen LogP contribution in [0.4, 0.5) is 10.6 Å². The van der Waals surface area contributed by atoms with E-state index in [0.717, 1.165) is 16.7 Å². The van der Waals surface area contributed by atoms with Gasteiger partial charge in [-0.15, -0.1) is 0 Å². The summed E-state index contributed by atoms with van der Waals surface area (Å²) in [6.07, 6.45) is 0.917. The number of aromatic nitrogens is 4. The molecule has 12 heteroatoms. The third kappa shape index (κ3) is 7.88. The van der Waals surface area contributed by atoms with E-state index in [9.17, 15) is 9.59 Å². The van der Waals surface area contributed by atoms with E-state index in [4.69, 9.17) is 19.7 Å². The fourth-order valence-corrected chi connectivity index (χ4v) is 3.37. The summed E-state index contributed by atoms with van der Waals surface area (Å²) in [6, 6.07) is 5.68. The fraction of sp³-hybridized carbons (Fsp3) is 0.481. The molecular formula is C27H37N7O5. The zero-order chi connectivity index (χ0) is 29.0. The molecule has 0 aliphatic heterocycles. The van der Waals surface area contributed by atoms with Crippen molar-refractivity contribution in [1.29, 1.82) is 0 Å². The largest absolute Gasteiger partial charge is 0.486 e. The maximum atomic E-state index is 12.5. The van der Waals surface area contributed by atoms with Crippen LogP contribution < -0.4 is 15.8 Å². The van der Waals surface area contributed by atoms with E-state index in [1.165, 1.54) is 11.2 Å². The average Bonchev–Trinajstić information content (AvgIpc) is 3.34. The molecule has 210 valence electrons. The second-order valence-electron chi connectivity index (χ2n) is 11.2. The Balaban J connectivity index is 1.67. The molecule has 0 bridgehead atoms. The smallest absolute Gasteiger partial charge is 0.410 e. The molecule has 0 atom stereocenters. The number of nitrogens with two attached hydrogens (primary N) is 1. The first-order valence-corrected chi connectivity index (χ1v) is 12.6. The number of hydrogen-bond donors (Lipinski definition) is 2. The Morgan fingerprint density at radius 2 is 1.85 bits per heavy atom. The number of rotatable bonds is 8. The van der Waals surface area contributed by atoms with Crippen LogP contribution in [0.3, 0.4) is 0 Å². The molecule has 0 fully saturated rings. The molecule has 0 unspecified atom stereocenters. The van der Waals surface area contributed by atoms with Crippen LogP contribution in [0.1, 0.15) is 69.2 Å². The van der Waals surface area contributed by atoms with Gasteiger partial charge < -0.3 is 29.9 Å². The zero-order valence-corrected chi connectivity index (χ0v) is 23.8. The minimum atomic E-state index is -0.591. The number of aryl methyl sites for hydroxylation is 1. The second-order valence-corrected chi connectivity index (χ2v) is 11.2. The van der Waals surface area contributed by atoms with Crippen LogP contribution in [0.2, 0.25) is 0 Å². The summed E-state index contributed by atoms with van der Waals surface area (Å²) in [5, 5.41) is 6.61. The Kier molecular flexibility index (Phi) is 8.78. The van der Waals surface area contributed by atoms with Crippen molar-refractivity contribution in [3.8, 4) is 17.0 Å². The second kappa shape index (κ2) is 11.7. The van der Waals surface area contributed by atoms with Gasteiger partial charge in [0, 0.05) is 24.6 Å². The van der Waals surface area contributed by atoms with Crippen LogP contribution in [0.5, 0.6) is 5.75 Å². The van der Waals surface area contributed by atoms with E-state index < -0.39 is 17.6 Å². The molecule has 0 saturated heterocycles. The first kappa shape index (κ1) is 29.3. The van der Waals surface area contributed by atoms with E-state index in [2.05, 4.69) is 25.4 Å². The molecule has 1 aromatic carbocycles. The van der Waals surface area contributed by atoms with Crippen molar-refractivity contribution in [3.05, 3.63) is 47.4 Å². The van der Waals surface area contributed by atoms with E-state index in [0.29, 0.717) is 17.3 Å². The number of hydrogen-bond acceptors (Lipinski definition) is 10. The molecule has 0 radical (unpaired) electrons. The lowest BCUT2D eigenvalue weighted by Crippen LogP contribution is -2.36. The highest BCUT2D eigenvalue weighted by atomic mass is 16.6. The molecule has 0 aliphatic rings. The predicted octanol–water partition coefficient (Wildman–Crippen LogP) is 3.89. The van der Waals surface area contributed by atoms with Crippen molar-refractivity contribution in [3.63, 3.8) is 0 Å². The number of ether oxygens (including phenoxy) is 2. The molecule has 3 rings (SSSR count). The number of nitrogen functional groups attached to an aromatic ring is 1. The van der Waals surface area contributed by atoms with Gasteiger partial charge in [0.2, 0.25) is 5.89 Å². The maximum Gasteiger partial charge on any atom is 0.410 e. The predicted molar refractivity (Wildman–Crippen MR) is 145 cm³/mol. The summed E-state index contributed by atoms with van der Waals surface area (Å²) >= 11 is 0. The Morgan fingerprint density at radius 3 is 2.46 bits per heavy atom. The molecule has 0 aliphatic carbocycles. The molecule has 2 amide bonds. The highest BCUT2D eigenvalue weighted by Crippen LogP contribution is 2.32. The molecule has 2 heterocycles. The van der Waals surface area contributed by atoms with Crippen LogP contribution in [0.15, 0.2) is 29.0 Å². The number of carbonyl (C=O) groups excluding carboxylic acids is 2. The van der Waals surface area contributed by atoms with Gasteiger partial charge in [-0.1, -0.05) is 38.1 Å². The molecule has 2 aromatic heterocycles. The average molecular weight is 540 g/mol. The van der Waals surface area contributed by atoms with Crippen molar-refractivity contribution >= 4 is 17.8 Å². The molecule has 0 spiro atoms. The van der Waals surface area contributed by atoms with Gasteiger partial charge in [0.15, 0.2) is 11.6 Å². The molecular weight excluding hydrogens is 502 g/mol. The number of anilines is 1. The monoisotopic (exact) mass is 539 g/mol. The Bertz CT molecular complexity index is 1320. The summed E-state index contributed by atoms with van der Waals surface area (Å²) in [7, 11) is 1.63. The van der Waals surface area contributed by atoms with E-state index >= 15 is 0 Å². The van der Waals surface area contributed by atoms with Gasteiger partial charge in [-0.25, -0.2) is 14.8 Å². The van der Waals surface area contributed by atoms with E-state index in [-0.39, 0.29) is 36.8 Å². The minimum Gasteiger partial charge on any atom is -0.486 e. The lowest BCUT2D eigenvalue weighted by atomic mass is 9.97. The van der Waals surface area contributed by atoms with Crippen LogP contribution in [-0.2, 0) is 16.7 Å². The van der Waals surface area contributed by atoms with Gasteiger partial charge in [-0.2, -0.15) is 4.98 Å². The first-order chi connectivity index (χ1) is 18.2. The summed E-state index contributed by atoms with van der Waals surface area (Å²) in [6.45, 7) is 13.8. The van der Waals surface area contributed by atoms with Crippen LogP contribution in [-0.4, -0.2) is 62.8 Å². The number of nitrogens with zero attached hydrogens (tertiary/aromatic N) is 5. The van der Waals surface area contributed by atoms with Gasteiger partial charge in [0.25, 0.3) is 11.7 Å². The highest BCUT2D eigenvalue weighted by molar-refractivity contribution is 5.90. The third-order valence-corrected chi connectivity index (χ3v) is 5.54. The van der Waals surface area contributed by atoms with Crippen molar-refractivity contribution < 1.29 is 23.6 Å². The van der Waals surface area contributed by atoms with Gasteiger partial charge in [-0.3, -0.25) is 4.79 Å². The van der Waals surface area contributed by atoms with Crippen molar-refractivity contribution in [1.82, 2.24) is 30.3 Å². The van der Waals surface area contributed by atoms with Crippen LogP contribution in [0.25, 0.3) is 11.3 Å². The normalized spacial score (nSPS) is 11.7. The fourth-order valence-electron chi connectivity index (χ4n) is 3.37. The Morgan fingerprint density at radius 1 is 1.13 bits per heavy atom. The summed E-state index contributed by atoms with van der Waals surface area (Å²) in [4.78, 5) is 38.8. The van der Waals surface area contributed by atoms with Gasteiger partial charge in [0.1, 0.15) is 24.2 Å². The summed E-state index contributed by atoms with van der Waals surface area (Å²) in [5.74, 6) is 0.468. The van der Waals surface area contributed by atoms with Crippen LogP contribution in [0, 0.1) is 6.92 Å². The van der Waals surface area contributed by atoms with Gasteiger partial charge >= 0.3 is 6.09 Å². The SMILES string of the molecule is Cc1cc(-c2ncnc(N)c2OCCN(C)C(=O)OC(C)(C)C)ccc1CNC(=O)c1noc(C(C)(C)C)n1. The minimum absolute atomic E-state index is 0.00948. The zero-order valence-electron chi connectivity index (χ0n) is 23.8. The Labute approximate surface area is 228 Å². The molecule has 3 aromatic rings. The van der Waals surface area contributed by atoms with Crippen molar-refractivity contribution in [2.24, 2.45) is 0 Å². The third-order valence-electron chi connectivity index (χ3n) is 5.54. The van der Waals surface area contributed by atoms with E-state index in [1.54, 1.807) is 27.8 Å². The molecule has 12 nitrogen and oxygen atoms in total. The quantitative estimate of drug-likeness (QED) is 0.430. The summed E-state index contributed by atoms with van der Waals surface area (Å²) in [5.41, 5.74) is 8.26. The standard InChI is InChI=1S/C27H37N7O5/c1-16-13-17(9-10-18(16)14-29-23(35)22-32-24(39-33-22)26(2,3)4)19-20(21(28)31-15-30-19)37-12-11-34(8)25(36)38-27(5,6)7/h9-10,13,15H,11-12,14H2,1-8H3,(H,29,35)(H2,28,30,31). The Hall–Kier alpha value is -4.22. The summed E-state index contributed by atoms with van der Waals surface area (Å²) < 4.78 is 16.5. The first-order valence-electron chi connectivity index (χ1n) is 12.6. The topological polar surface area (TPSA) is 159 Å². The van der Waals surface area contributed by atoms with E-state index in [1.807, 2.05) is 45.9 Å². The number of likely N-dealkylation sites (N-methyl/N-ethyl adjacent to an activating group) is 1.